The lowest BCUT2D eigenvalue weighted by molar-refractivity contribution is -0.143. The molecule has 1 heterocycles. The van der Waals surface area contributed by atoms with Gasteiger partial charge in [0, 0.05) is 18.3 Å². The molecule has 0 fully saturated rings. The summed E-state index contributed by atoms with van der Waals surface area (Å²) in [5.74, 6) is -5.21. The molecule has 0 spiro atoms. The zero-order chi connectivity index (χ0) is 23.6. The molecule has 11 N–H and O–H groups in total. The highest BCUT2D eigenvalue weighted by molar-refractivity contribution is 5.95. The Morgan fingerprint density at radius 3 is 2.00 bits per heavy atom. The fourth-order valence-corrected chi connectivity index (χ4v) is 2.34. The number of aliphatic hydroxyl groups excluding tert-OH is 2. The molecule has 1 aromatic rings. The van der Waals surface area contributed by atoms with E-state index in [1.807, 2.05) is 5.32 Å². The van der Waals surface area contributed by atoms with Crippen LogP contribution in [0, 0.1) is 0 Å². The molecule has 15 nitrogen and oxygen atoms in total. The molecule has 31 heavy (non-hydrogen) atoms. The van der Waals surface area contributed by atoms with Crippen molar-refractivity contribution in [3.63, 3.8) is 0 Å². The van der Waals surface area contributed by atoms with Crippen molar-refractivity contribution in [1.82, 2.24) is 25.9 Å². The van der Waals surface area contributed by atoms with Gasteiger partial charge in [-0.25, -0.2) is 9.78 Å². The van der Waals surface area contributed by atoms with Gasteiger partial charge in [-0.3, -0.25) is 19.2 Å². The van der Waals surface area contributed by atoms with E-state index in [-0.39, 0.29) is 6.42 Å². The van der Waals surface area contributed by atoms with Crippen LogP contribution in [-0.2, 0) is 30.4 Å². The number of aliphatic carboxylic acids is 1. The van der Waals surface area contributed by atoms with E-state index in [1.165, 1.54) is 12.5 Å². The van der Waals surface area contributed by atoms with E-state index in [0.717, 1.165) is 0 Å². The van der Waals surface area contributed by atoms with Crippen LogP contribution >= 0.6 is 0 Å². The van der Waals surface area contributed by atoms with Crippen molar-refractivity contribution in [3.05, 3.63) is 18.2 Å². The van der Waals surface area contributed by atoms with Gasteiger partial charge in [-0.15, -0.1) is 0 Å². The number of aromatic amines is 1. The first-order valence-electron chi connectivity index (χ1n) is 8.95. The number of carboxylic acid groups (broad SMARTS) is 1. The predicted molar refractivity (Wildman–Crippen MR) is 102 cm³/mol. The van der Waals surface area contributed by atoms with Crippen LogP contribution in [0.3, 0.4) is 0 Å². The number of nitrogens with one attached hydrogen (secondary N) is 4. The van der Waals surface area contributed by atoms with Gasteiger partial charge in [0.05, 0.1) is 32.0 Å². The standard InChI is InChI=1S/C16H25N7O8/c17-8(2-12(18)26)13(27)21-9(1-7-3-19-6-20-7)14(28)22-10(4-24)15(29)23-11(5-25)16(30)31/h3,6,8-11,24-25H,1-2,4-5,17H2,(H2,18,26)(H,19,20)(H,21,27)(H,22,28)(H,23,29)(H,30,31). The van der Waals surface area contributed by atoms with Crippen molar-refractivity contribution < 1.29 is 39.3 Å². The highest BCUT2D eigenvalue weighted by Gasteiger charge is 2.30. The quantitative estimate of drug-likeness (QED) is 0.140. The summed E-state index contributed by atoms with van der Waals surface area (Å²) in [6.45, 7) is -1.81. The third-order valence-electron chi connectivity index (χ3n) is 3.98. The monoisotopic (exact) mass is 443 g/mol. The molecule has 0 aliphatic carbocycles. The zero-order valence-corrected chi connectivity index (χ0v) is 16.3. The zero-order valence-electron chi connectivity index (χ0n) is 16.3. The second-order valence-electron chi connectivity index (χ2n) is 6.44. The van der Waals surface area contributed by atoms with Crippen LogP contribution in [0.25, 0.3) is 0 Å². The minimum absolute atomic E-state index is 0.116. The third-order valence-corrected chi connectivity index (χ3v) is 3.98. The van der Waals surface area contributed by atoms with Crippen LogP contribution in [-0.4, -0.2) is 92.3 Å². The Morgan fingerprint density at radius 2 is 1.52 bits per heavy atom. The lowest BCUT2D eigenvalue weighted by atomic mass is 10.1. The number of rotatable bonds is 13. The van der Waals surface area contributed by atoms with Crippen LogP contribution in [0.2, 0.25) is 0 Å². The number of aliphatic hydroxyl groups is 2. The van der Waals surface area contributed by atoms with Crippen LogP contribution in [0.5, 0.6) is 0 Å². The maximum Gasteiger partial charge on any atom is 0.328 e. The number of aromatic nitrogens is 2. The molecule has 0 aliphatic rings. The van der Waals surface area contributed by atoms with E-state index in [4.69, 9.17) is 21.7 Å². The number of primary amides is 1. The number of nitrogens with two attached hydrogens (primary N) is 2. The molecule has 0 bridgehead atoms. The lowest BCUT2D eigenvalue weighted by Gasteiger charge is -2.23. The Balaban J connectivity index is 2.91. The Morgan fingerprint density at radius 1 is 0.968 bits per heavy atom. The van der Waals surface area contributed by atoms with Gasteiger partial charge in [-0.05, 0) is 0 Å². The number of carboxylic acids is 1. The van der Waals surface area contributed by atoms with Crippen molar-refractivity contribution in [2.24, 2.45) is 11.5 Å². The summed E-state index contributed by atoms with van der Waals surface area (Å²) < 4.78 is 0. The number of carbonyl (C=O) groups is 5. The maximum absolute atomic E-state index is 12.7. The third kappa shape index (κ3) is 8.37. The van der Waals surface area contributed by atoms with Gasteiger partial charge in [0.15, 0.2) is 0 Å². The molecule has 0 aromatic carbocycles. The molecular weight excluding hydrogens is 418 g/mol. The van der Waals surface area contributed by atoms with Crippen LogP contribution in [0.4, 0.5) is 0 Å². The summed E-state index contributed by atoms with van der Waals surface area (Å²) >= 11 is 0. The van der Waals surface area contributed by atoms with Gasteiger partial charge in [0.1, 0.15) is 18.1 Å². The molecule has 1 aromatic heterocycles. The first-order chi connectivity index (χ1) is 14.6. The number of hydrogen-bond acceptors (Lipinski definition) is 9. The first kappa shape index (κ1) is 25.5. The van der Waals surface area contributed by atoms with Crippen molar-refractivity contribution in [1.29, 1.82) is 0 Å². The molecule has 4 amide bonds. The molecule has 1 rings (SSSR count). The largest absolute Gasteiger partial charge is 0.480 e. The van der Waals surface area contributed by atoms with Gasteiger partial charge in [0.25, 0.3) is 0 Å². The highest BCUT2D eigenvalue weighted by atomic mass is 16.4. The van der Waals surface area contributed by atoms with Gasteiger partial charge in [0.2, 0.25) is 23.6 Å². The van der Waals surface area contributed by atoms with Gasteiger partial charge in [-0.1, -0.05) is 0 Å². The maximum atomic E-state index is 12.7. The Kier molecular flexibility index (Phi) is 10.0. The highest BCUT2D eigenvalue weighted by Crippen LogP contribution is 2.02. The van der Waals surface area contributed by atoms with Crippen molar-refractivity contribution >= 4 is 29.6 Å². The molecular formula is C16H25N7O8. The summed E-state index contributed by atoms with van der Waals surface area (Å²) in [6, 6.07) is -5.86. The van der Waals surface area contributed by atoms with Crippen molar-refractivity contribution in [2.75, 3.05) is 13.2 Å². The number of carbonyl (C=O) groups excluding carboxylic acids is 4. The second kappa shape index (κ2) is 12.2. The van der Waals surface area contributed by atoms with Crippen LogP contribution in [0.15, 0.2) is 12.5 Å². The van der Waals surface area contributed by atoms with E-state index < -0.39 is 73.4 Å². The summed E-state index contributed by atoms with van der Waals surface area (Å²) in [5, 5.41) is 33.7. The topological polar surface area (TPSA) is 263 Å². The fraction of sp³-hybridized carbons (Fsp3) is 0.500. The van der Waals surface area contributed by atoms with E-state index >= 15 is 0 Å². The molecule has 0 radical (unpaired) electrons. The van der Waals surface area contributed by atoms with Crippen LogP contribution < -0.4 is 27.4 Å². The summed E-state index contributed by atoms with van der Waals surface area (Å²) in [6.07, 6.45) is 2.12. The summed E-state index contributed by atoms with van der Waals surface area (Å²) in [4.78, 5) is 65.4. The molecule has 4 atom stereocenters. The average Bonchev–Trinajstić information content (AvgIpc) is 3.21. The van der Waals surface area contributed by atoms with E-state index in [0.29, 0.717) is 5.69 Å². The summed E-state index contributed by atoms with van der Waals surface area (Å²) in [7, 11) is 0. The Bertz CT molecular complexity index is 785. The van der Waals surface area contributed by atoms with E-state index in [1.54, 1.807) is 0 Å². The molecule has 0 aliphatic heterocycles. The van der Waals surface area contributed by atoms with E-state index in [2.05, 4.69) is 20.6 Å². The number of amides is 4. The fourth-order valence-electron chi connectivity index (χ4n) is 2.34. The average molecular weight is 443 g/mol. The minimum atomic E-state index is -1.65. The van der Waals surface area contributed by atoms with Crippen molar-refractivity contribution in [2.45, 2.75) is 37.0 Å². The Hall–Kier alpha value is -3.56. The first-order valence-corrected chi connectivity index (χ1v) is 8.95. The molecule has 0 saturated heterocycles. The minimum Gasteiger partial charge on any atom is -0.480 e. The number of imidazole rings is 1. The number of nitrogens with zero attached hydrogens (tertiary/aromatic N) is 1. The Labute approximate surface area is 175 Å². The number of hydrogen-bond donors (Lipinski definition) is 9. The van der Waals surface area contributed by atoms with Gasteiger partial charge in [-0.2, -0.15) is 0 Å². The van der Waals surface area contributed by atoms with Gasteiger partial charge < -0.3 is 47.7 Å². The van der Waals surface area contributed by atoms with Gasteiger partial charge >= 0.3 is 5.97 Å². The molecule has 0 saturated carbocycles. The summed E-state index contributed by atoms with van der Waals surface area (Å²) in [5.41, 5.74) is 11.0. The second-order valence-corrected chi connectivity index (χ2v) is 6.44. The van der Waals surface area contributed by atoms with E-state index in [9.17, 15) is 29.1 Å². The molecule has 172 valence electrons. The predicted octanol–water partition coefficient (Wildman–Crippen LogP) is -5.32. The molecule has 15 heteroatoms. The smallest absolute Gasteiger partial charge is 0.328 e. The normalized spacial score (nSPS) is 14.5. The lowest BCUT2D eigenvalue weighted by Crippen LogP contribution is -2.59. The van der Waals surface area contributed by atoms with Crippen LogP contribution in [0.1, 0.15) is 12.1 Å². The number of H-pyrrole nitrogens is 1. The SMILES string of the molecule is NC(=O)CC(N)C(=O)NC(Cc1cnc[nH]1)C(=O)NC(CO)C(=O)NC(CO)C(=O)O. The molecule has 4 unspecified atom stereocenters. The van der Waals surface area contributed by atoms with Crippen molar-refractivity contribution in [3.8, 4) is 0 Å².